The van der Waals surface area contributed by atoms with Crippen molar-refractivity contribution in [3.8, 4) is 61.8 Å². The van der Waals surface area contributed by atoms with Crippen molar-refractivity contribution in [2.75, 3.05) is 18.6 Å². The number of thioether (sulfide) groups is 1. The van der Waals surface area contributed by atoms with Crippen LogP contribution in [0.25, 0.3) is 44.5 Å². The fraction of sp³-hybridized carbons (Fsp3) is 0.423. The highest BCUT2D eigenvalue weighted by molar-refractivity contribution is 7.98. The monoisotopic (exact) mass is 770 g/mol. The third kappa shape index (κ3) is 9.34. The smallest absolute Gasteiger partial charge is 0.135 e. The fourth-order valence-corrected chi connectivity index (χ4v) is 7.51. The first kappa shape index (κ1) is 43.0. The number of phenols is 2. The number of hydrogen-bond acceptors (Lipinski definition) is 4. The lowest BCUT2D eigenvalue weighted by Crippen LogP contribution is -2.16. The van der Waals surface area contributed by atoms with E-state index >= 15 is 0 Å². The first-order chi connectivity index (χ1) is 25.8. The molecule has 0 heterocycles. The molecule has 3 nitrogen and oxygen atoms in total. The topological polar surface area (TPSA) is 49.7 Å². The molecule has 0 aliphatic heterocycles. The zero-order chi connectivity index (χ0) is 41.7. The van der Waals surface area contributed by atoms with Gasteiger partial charge < -0.3 is 14.9 Å². The first-order valence-electron chi connectivity index (χ1n) is 20.1. The van der Waals surface area contributed by atoms with E-state index in [0.29, 0.717) is 23.5 Å². The van der Waals surface area contributed by atoms with Gasteiger partial charge in [-0.2, -0.15) is 11.8 Å². The Kier molecular flexibility index (Phi) is 12.0. The Morgan fingerprint density at radius 2 is 0.714 bits per heavy atom. The number of hydrogen-bond donors (Lipinski definition) is 2. The summed E-state index contributed by atoms with van der Waals surface area (Å²) in [5.41, 5.74) is 14.3. The van der Waals surface area contributed by atoms with E-state index in [1.807, 2.05) is 0 Å². The molecule has 0 saturated heterocycles. The van der Waals surface area contributed by atoms with Crippen LogP contribution in [0.2, 0.25) is 0 Å². The Morgan fingerprint density at radius 3 is 1.00 bits per heavy atom. The number of aromatic hydroxyl groups is 2. The minimum absolute atomic E-state index is 0.0704. The number of ether oxygens (including phenoxy) is 1. The van der Waals surface area contributed by atoms with Crippen molar-refractivity contribution < 1.29 is 14.9 Å². The second kappa shape index (κ2) is 15.7. The lowest BCUT2D eigenvalue weighted by molar-refractivity contribution is 0.346. The van der Waals surface area contributed by atoms with Crippen molar-refractivity contribution in [2.45, 2.75) is 126 Å². The van der Waals surface area contributed by atoms with Crippen molar-refractivity contribution in [3.63, 3.8) is 0 Å². The van der Waals surface area contributed by atoms with Gasteiger partial charge in [-0.05, 0) is 135 Å². The van der Waals surface area contributed by atoms with Gasteiger partial charge in [-0.15, -0.1) is 0 Å². The molecule has 0 aliphatic carbocycles. The summed E-state index contributed by atoms with van der Waals surface area (Å²) in [5, 5.41) is 24.8. The standard InChI is InChI=1S/C52H66O3S/c1-31-19-40(34-25-36(49(4,5)6)29-37(26-34)50(7,8)9)46(53)42(21-31)44-23-33(3)24-45(48(44)55-17-18-56-16)43-22-32(2)20-41(47(43)54)35-27-38(51(10,11)12)30-39(28-35)52(13,14)15/h19-30,53-54H,17-18H2,1-16H3. The molecule has 56 heavy (non-hydrogen) atoms. The Morgan fingerprint density at radius 1 is 0.429 bits per heavy atom. The van der Waals surface area contributed by atoms with Gasteiger partial charge in [0.25, 0.3) is 0 Å². The van der Waals surface area contributed by atoms with Gasteiger partial charge in [-0.1, -0.05) is 119 Å². The summed E-state index contributed by atoms with van der Waals surface area (Å²) in [4.78, 5) is 0. The Balaban J connectivity index is 1.82. The second-order valence-electron chi connectivity index (χ2n) is 20.0. The van der Waals surface area contributed by atoms with Crippen molar-refractivity contribution >= 4 is 11.8 Å². The van der Waals surface area contributed by atoms with Crippen LogP contribution < -0.4 is 4.74 Å². The molecule has 0 bridgehead atoms. The summed E-state index contributed by atoms with van der Waals surface area (Å²) in [6.07, 6.45) is 2.08. The van der Waals surface area contributed by atoms with Gasteiger partial charge in [-0.3, -0.25) is 0 Å². The minimum Gasteiger partial charge on any atom is -0.507 e. The van der Waals surface area contributed by atoms with Gasteiger partial charge in [0.05, 0.1) is 6.61 Å². The van der Waals surface area contributed by atoms with Crippen LogP contribution in [-0.4, -0.2) is 28.8 Å². The lowest BCUT2D eigenvalue weighted by Gasteiger charge is -2.27. The van der Waals surface area contributed by atoms with Crippen molar-refractivity contribution in [2.24, 2.45) is 0 Å². The van der Waals surface area contributed by atoms with Crippen LogP contribution in [0, 0.1) is 20.8 Å². The highest BCUT2D eigenvalue weighted by atomic mass is 32.2. The zero-order valence-electron chi connectivity index (χ0n) is 37.1. The van der Waals surface area contributed by atoms with Gasteiger partial charge in [0, 0.05) is 39.1 Å². The molecule has 0 radical (unpaired) electrons. The highest BCUT2D eigenvalue weighted by Gasteiger charge is 2.27. The SMILES string of the molecule is CSCCOc1c(-c2cc(C)cc(-c3cc(C(C)(C)C)cc(C(C)(C)C)c3)c2O)cc(C)cc1-c1cc(C)cc(-c2cc(C(C)(C)C)cc(C(C)(C)C)c2)c1O. The van der Waals surface area contributed by atoms with Crippen LogP contribution in [-0.2, 0) is 21.7 Å². The van der Waals surface area contributed by atoms with Gasteiger partial charge in [0.15, 0.2) is 0 Å². The minimum atomic E-state index is -0.0704. The van der Waals surface area contributed by atoms with Gasteiger partial charge >= 0.3 is 0 Å². The van der Waals surface area contributed by atoms with E-state index in [0.717, 1.165) is 55.8 Å². The normalized spacial score (nSPS) is 12.6. The molecule has 5 aromatic rings. The van der Waals surface area contributed by atoms with Gasteiger partial charge in [-0.25, -0.2) is 0 Å². The van der Waals surface area contributed by atoms with E-state index in [4.69, 9.17) is 4.74 Å². The molecule has 0 aliphatic rings. The second-order valence-corrected chi connectivity index (χ2v) is 21.0. The molecular weight excluding hydrogens is 705 g/mol. The van der Waals surface area contributed by atoms with E-state index in [2.05, 4.69) is 183 Å². The summed E-state index contributed by atoms with van der Waals surface area (Å²) in [5.74, 6) is 1.89. The summed E-state index contributed by atoms with van der Waals surface area (Å²) in [7, 11) is 0. The maximum atomic E-state index is 12.4. The van der Waals surface area contributed by atoms with E-state index in [1.165, 1.54) is 22.3 Å². The van der Waals surface area contributed by atoms with E-state index in [9.17, 15) is 10.2 Å². The molecule has 0 saturated carbocycles. The van der Waals surface area contributed by atoms with Crippen LogP contribution >= 0.6 is 11.8 Å². The average molecular weight is 771 g/mol. The summed E-state index contributed by atoms with van der Waals surface area (Å²) < 4.78 is 6.77. The third-order valence-corrected chi connectivity index (χ3v) is 11.4. The molecule has 0 aromatic heterocycles. The predicted octanol–water partition coefficient (Wildman–Crippen LogP) is 14.6. The molecule has 2 N–H and O–H groups in total. The number of aryl methyl sites for hydroxylation is 3. The number of phenolic OH excluding ortho intramolecular Hbond substituents is 2. The molecule has 0 atom stereocenters. The van der Waals surface area contributed by atoms with Crippen LogP contribution in [0.1, 0.15) is 122 Å². The molecule has 5 rings (SSSR count). The molecule has 4 heteroatoms. The third-order valence-electron chi connectivity index (χ3n) is 10.8. The van der Waals surface area contributed by atoms with Gasteiger partial charge in [0.1, 0.15) is 17.2 Å². The largest absolute Gasteiger partial charge is 0.507 e. The van der Waals surface area contributed by atoms with Crippen molar-refractivity contribution in [1.29, 1.82) is 0 Å². The molecular formula is C52H66O3S. The Labute approximate surface area is 343 Å². The highest BCUT2D eigenvalue weighted by Crippen LogP contribution is 2.50. The van der Waals surface area contributed by atoms with Crippen molar-refractivity contribution in [1.82, 2.24) is 0 Å². The quantitative estimate of drug-likeness (QED) is 0.154. The summed E-state index contributed by atoms with van der Waals surface area (Å²) in [6.45, 7) is 33.6. The van der Waals surface area contributed by atoms with E-state index in [-0.39, 0.29) is 33.2 Å². The number of rotatable bonds is 8. The van der Waals surface area contributed by atoms with Crippen molar-refractivity contribution in [3.05, 3.63) is 112 Å². The molecule has 0 unspecified atom stereocenters. The molecule has 298 valence electrons. The predicted molar refractivity (Wildman–Crippen MR) is 244 cm³/mol. The van der Waals surface area contributed by atoms with Crippen LogP contribution in [0.4, 0.5) is 0 Å². The lowest BCUT2D eigenvalue weighted by atomic mass is 9.78. The maximum absolute atomic E-state index is 12.4. The summed E-state index contributed by atoms with van der Waals surface area (Å²) in [6, 6.07) is 26.1. The zero-order valence-corrected chi connectivity index (χ0v) is 37.9. The number of benzene rings is 5. The average Bonchev–Trinajstić information content (AvgIpc) is 3.08. The van der Waals surface area contributed by atoms with Crippen LogP contribution in [0.3, 0.4) is 0 Å². The Bertz CT molecular complexity index is 2030. The maximum Gasteiger partial charge on any atom is 0.135 e. The molecule has 5 aromatic carbocycles. The summed E-state index contributed by atoms with van der Waals surface area (Å²) >= 11 is 1.73. The molecule has 0 amide bonds. The van der Waals surface area contributed by atoms with E-state index < -0.39 is 0 Å². The fourth-order valence-electron chi connectivity index (χ4n) is 7.26. The van der Waals surface area contributed by atoms with Crippen LogP contribution in [0.15, 0.2) is 72.8 Å². The Hall–Kier alpha value is -4.15. The van der Waals surface area contributed by atoms with E-state index in [1.54, 1.807) is 11.8 Å². The molecule has 0 spiro atoms. The first-order valence-corrected chi connectivity index (χ1v) is 21.5. The van der Waals surface area contributed by atoms with Gasteiger partial charge in [0.2, 0.25) is 0 Å². The van der Waals surface area contributed by atoms with Crippen LogP contribution in [0.5, 0.6) is 17.2 Å². The molecule has 0 fully saturated rings.